The number of hydrogen-bond acceptors (Lipinski definition) is 4. The van der Waals surface area contributed by atoms with Crippen LogP contribution in [0.1, 0.15) is 13.3 Å². The Bertz CT molecular complexity index is 174. The molecule has 0 aromatic carbocycles. The van der Waals surface area contributed by atoms with Gasteiger partial charge in [0.1, 0.15) is 5.54 Å². The number of nitrogens with zero attached hydrogens (tertiary/aromatic N) is 2. The Morgan fingerprint density at radius 1 is 1.54 bits per heavy atom. The van der Waals surface area contributed by atoms with Crippen LogP contribution in [0.25, 0.3) is 0 Å². The lowest BCUT2D eigenvalue weighted by atomic mass is 10.0. The number of methoxy groups -OCH3 is 1. The molecule has 0 saturated carbocycles. The summed E-state index contributed by atoms with van der Waals surface area (Å²) in [6, 6.07) is 2.07. The lowest BCUT2D eigenvalue weighted by Gasteiger charge is -2.21. The van der Waals surface area contributed by atoms with Crippen LogP contribution in [-0.2, 0) is 4.74 Å². The van der Waals surface area contributed by atoms with Crippen LogP contribution in [0, 0.1) is 11.3 Å². The van der Waals surface area contributed by atoms with Crippen LogP contribution in [0.5, 0.6) is 0 Å². The molecule has 4 heteroatoms. The molecule has 0 fully saturated rings. The second-order valence-electron chi connectivity index (χ2n) is 3.58. The second kappa shape index (κ2) is 5.92. The van der Waals surface area contributed by atoms with Crippen molar-refractivity contribution in [2.45, 2.75) is 18.9 Å². The van der Waals surface area contributed by atoms with Crippen molar-refractivity contribution in [3.8, 4) is 6.07 Å². The van der Waals surface area contributed by atoms with Gasteiger partial charge in [-0.05, 0) is 20.4 Å². The Kier molecular flexibility index (Phi) is 5.63. The van der Waals surface area contributed by atoms with Gasteiger partial charge in [0.2, 0.25) is 0 Å². The van der Waals surface area contributed by atoms with Gasteiger partial charge in [0.05, 0.1) is 12.7 Å². The molecule has 0 aliphatic carbocycles. The van der Waals surface area contributed by atoms with E-state index in [1.165, 1.54) is 0 Å². The normalized spacial score (nSPS) is 15.4. The summed E-state index contributed by atoms with van der Waals surface area (Å²) in [5, 5.41) is 8.66. The van der Waals surface area contributed by atoms with E-state index < -0.39 is 5.54 Å². The zero-order valence-corrected chi connectivity index (χ0v) is 8.71. The topological polar surface area (TPSA) is 62.3 Å². The predicted molar refractivity (Wildman–Crippen MR) is 52.2 cm³/mol. The maximum absolute atomic E-state index is 8.66. The Labute approximate surface area is 80.3 Å². The lowest BCUT2D eigenvalue weighted by molar-refractivity contribution is 0.158. The molecule has 13 heavy (non-hydrogen) atoms. The maximum atomic E-state index is 8.66. The molecule has 1 unspecified atom stereocenters. The van der Waals surface area contributed by atoms with Crippen LogP contribution >= 0.6 is 0 Å². The van der Waals surface area contributed by atoms with E-state index in [0.717, 1.165) is 13.1 Å². The zero-order valence-electron chi connectivity index (χ0n) is 8.71. The first-order valence-corrected chi connectivity index (χ1v) is 4.39. The number of hydrogen-bond donors (Lipinski definition) is 1. The van der Waals surface area contributed by atoms with Crippen LogP contribution in [0.2, 0.25) is 0 Å². The molecule has 0 aliphatic heterocycles. The second-order valence-corrected chi connectivity index (χ2v) is 3.58. The minimum Gasteiger partial charge on any atom is -0.383 e. The van der Waals surface area contributed by atoms with Crippen molar-refractivity contribution < 1.29 is 4.74 Å². The third-order valence-corrected chi connectivity index (χ3v) is 1.95. The van der Waals surface area contributed by atoms with Crippen molar-refractivity contribution in [1.82, 2.24) is 4.90 Å². The van der Waals surface area contributed by atoms with Gasteiger partial charge in [-0.15, -0.1) is 0 Å². The van der Waals surface area contributed by atoms with E-state index in [9.17, 15) is 0 Å². The fourth-order valence-corrected chi connectivity index (χ4v) is 0.838. The van der Waals surface area contributed by atoms with Gasteiger partial charge < -0.3 is 15.4 Å². The van der Waals surface area contributed by atoms with E-state index >= 15 is 0 Å². The van der Waals surface area contributed by atoms with Gasteiger partial charge in [-0.25, -0.2) is 0 Å². The first kappa shape index (κ1) is 12.4. The summed E-state index contributed by atoms with van der Waals surface area (Å²) < 4.78 is 4.93. The first-order valence-electron chi connectivity index (χ1n) is 4.39. The van der Waals surface area contributed by atoms with E-state index in [0.29, 0.717) is 13.0 Å². The standard InChI is InChI=1S/C9H19N3O/c1-9(11,8-10)4-5-12(2)6-7-13-3/h4-7,11H2,1-3H3. The van der Waals surface area contributed by atoms with E-state index in [-0.39, 0.29) is 0 Å². The van der Waals surface area contributed by atoms with Gasteiger partial charge in [0, 0.05) is 20.2 Å². The molecule has 0 aliphatic rings. The number of likely N-dealkylation sites (N-methyl/N-ethyl adjacent to an activating group) is 1. The van der Waals surface area contributed by atoms with E-state index in [2.05, 4.69) is 11.0 Å². The Balaban J connectivity index is 3.58. The maximum Gasteiger partial charge on any atom is 0.102 e. The van der Waals surface area contributed by atoms with Crippen LogP contribution < -0.4 is 5.73 Å². The first-order chi connectivity index (χ1) is 6.02. The molecule has 0 spiro atoms. The van der Waals surface area contributed by atoms with Gasteiger partial charge in [-0.3, -0.25) is 0 Å². The van der Waals surface area contributed by atoms with Crippen LogP contribution in [-0.4, -0.2) is 44.3 Å². The number of nitriles is 1. The zero-order chi connectivity index (χ0) is 10.3. The molecule has 2 N–H and O–H groups in total. The molecule has 0 saturated heterocycles. The van der Waals surface area contributed by atoms with Crippen molar-refractivity contribution in [3.63, 3.8) is 0 Å². The van der Waals surface area contributed by atoms with Gasteiger partial charge in [-0.1, -0.05) is 0 Å². The van der Waals surface area contributed by atoms with Gasteiger partial charge in [0.15, 0.2) is 0 Å². The molecule has 0 aromatic heterocycles. The van der Waals surface area contributed by atoms with Gasteiger partial charge >= 0.3 is 0 Å². The highest BCUT2D eigenvalue weighted by molar-refractivity contribution is 5.00. The summed E-state index contributed by atoms with van der Waals surface area (Å²) in [5.41, 5.74) is 4.97. The molecule has 0 rings (SSSR count). The molecule has 0 radical (unpaired) electrons. The molecule has 1 atom stereocenters. The van der Waals surface area contributed by atoms with Crippen molar-refractivity contribution >= 4 is 0 Å². The average molecular weight is 185 g/mol. The molecule has 76 valence electrons. The van der Waals surface area contributed by atoms with Crippen LogP contribution in [0.15, 0.2) is 0 Å². The van der Waals surface area contributed by atoms with Crippen molar-refractivity contribution in [3.05, 3.63) is 0 Å². The summed E-state index contributed by atoms with van der Waals surface area (Å²) in [5.74, 6) is 0. The molecule has 0 heterocycles. The lowest BCUT2D eigenvalue weighted by Crippen LogP contribution is -2.38. The molecule has 0 aromatic rings. The summed E-state index contributed by atoms with van der Waals surface area (Å²) in [6.07, 6.45) is 0.684. The van der Waals surface area contributed by atoms with Crippen molar-refractivity contribution in [2.75, 3.05) is 33.9 Å². The molecule has 4 nitrogen and oxygen atoms in total. The van der Waals surface area contributed by atoms with E-state index in [4.69, 9.17) is 15.7 Å². The Morgan fingerprint density at radius 2 is 2.15 bits per heavy atom. The highest BCUT2D eigenvalue weighted by Crippen LogP contribution is 2.03. The predicted octanol–water partition coefficient (Wildman–Crippen LogP) is 0.196. The van der Waals surface area contributed by atoms with Gasteiger partial charge in [-0.2, -0.15) is 5.26 Å². The fraction of sp³-hybridized carbons (Fsp3) is 0.889. The van der Waals surface area contributed by atoms with Crippen LogP contribution in [0.4, 0.5) is 0 Å². The van der Waals surface area contributed by atoms with Gasteiger partial charge in [0.25, 0.3) is 0 Å². The highest BCUT2D eigenvalue weighted by atomic mass is 16.5. The third-order valence-electron chi connectivity index (χ3n) is 1.95. The van der Waals surface area contributed by atoms with Crippen molar-refractivity contribution in [2.24, 2.45) is 5.73 Å². The van der Waals surface area contributed by atoms with E-state index in [1.54, 1.807) is 14.0 Å². The minimum absolute atomic E-state index is 0.684. The van der Waals surface area contributed by atoms with E-state index in [1.807, 2.05) is 7.05 Å². The number of rotatable bonds is 6. The Morgan fingerprint density at radius 3 is 2.62 bits per heavy atom. The average Bonchev–Trinajstić information content (AvgIpc) is 2.11. The molecule has 0 amide bonds. The quantitative estimate of drug-likeness (QED) is 0.642. The van der Waals surface area contributed by atoms with Crippen LogP contribution in [0.3, 0.4) is 0 Å². The number of ether oxygens (including phenoxy) is 1. The summed E-state index contributed by atoms with van der Waals surface area (Å²) in [4.78, 5) is 2.10. The third kappa shape index (κ3) is 6.52. The summed E-state index contributed by atoms with van der Waals surface area (Å²) in [7, 11) is 3.67. The summed E-state index contributed by atoms with van der Waals surface area (Å²) >= 11 is 0. The SMILES string of the molecule is COCCN(C)CCC(C)(N)C#N. The minimum atomic E-state index is -0.707. The molecular weight excluding hydrogens is 166 g/mol. The highest BCUT2D eigenvalue weighted by Gasteiger charge is 2.17. The Hall–Kier alpha value is -0.630. The van der Waals surface area contributed by atoms with Crippen molar-refractivity contribution in [1.29, 1.82) is 5.26 Å². The smallest absolute Gasteiger partial charge is 0.102 e. The number of nitrogens with two attached hydrogens (primary N) is 1. The molecular formula is C9H19N3O. The summed E-state index contributed by atoms with van der Waals surface area (Å²) in [6.45, 7) is 4.16. The fourth-order valence-electron chi connectivity index (χ4n) is 0.838. The molecule has 0 bridgehead atoms. The largest absolute Gasteiger partial charge is 0.383 e. The monoisotopic (exact) mass is 185 g/mol.